The van der Waals surface area contributed by atoms with Crippen molar-refractivity contribution in [2.45, 2.75) is 6.92 Å². The average molecular weight is 475 g/mol. The number of carbonyl (C=O) groups is 3. The van der Waals surface area contributed by atoms with Crippen molar-refractivity contribution >= 4 is 45.6 Å². The van der Waals surface area contributed by atoms with Crippen molar-refractivity contribution in [3.05, 3.63) is 58.2 Å². The van der Waals surface area contributed by atoms with Crippen molar-refractivity contribution in [1.29, 1.82) is 0 Å². The maximum atomic E-state index is 12.7. The maximum absolute atomic E-state index is 12.7. The van der Waals surface area contributed by atoms with E-state index in [2.05, 4.69) is 21.2 Å². The van der Waals surface area contributed by atoms with E-state index in [9.17, 15) is 14.4 Å². The fourth-order valence-corrected chi connectivity index (χ4v) is 3.38. The summed E-state index contributed by atoms with van der Waals surface area (Å²) < 4.78 is 16.2. The number of hydrogen-bond donors (Lipinski definition) is 1. The van der Waals surface area contributed by atoms with Gasteiger partial charge in [0.15, 0.2) is 18.1 Å². The second kappa shape index (κ2) is 9.45. The largest absolute Gasteiger partial charge is 0.493 e. The molecule has 1 aliphatic heterocycles. The number of hydrogen-bond acceptors (Lipinski definition) is 6. The van der Waals surface area contributed by atoms with E-state index in [1.165, 1.54) is 13.2 Å². The van der Waals surface area contributed by atoms with Gasteiger partial charge in [0.25, 0.3) is 5.91 Å². The van der Waals surface area contributed by atoms with E-state index < -0.39 is 17.9 Å². The number of benzene rings is 2. The monoisotopic (exact) mass is 474 g/mol. The van der Waals surface area contributed by atoms with E-state index in [0.29, 0.717) is 27.2 Å². The molecule has 3 rings (SSSR count). The molecule has 9 heteroatoms. The van der Waals surface area contributed by atoms with Crippen LogP contribution in [0.15, 0.2) is 52.6 Å². The van der Waals surface area contributed by atoms with Gasteiger partial charge in [0.05, 0.1) is 23.9 Å². The van der Waals surface area contributed by atoms with Gasteiger partial charge in [-0.25, -0.2) is 14.5 Å². The Hall–Kier alpha value is -3.33. The second-order valence-electron chi connectivity index (χ2n) is 6.09. The number of carbonyl (C=O) groups excluding carboxylic acids is 3. The van der Waals surface area contributed by atoms with E-state index in [0.717, 1.165) is 4.90 Å². The van der Waals surface area contributed by atoms with Crippen LogP contribution in [0.2, 0.25) is 0 Å². The van der Waals surface area contributed by atoms with E-state index in [1.807, 2.05) is 0 Å². The quantitative estimate of drug-likeness (QED) is 0.375. The molecular weight excluding hydrogens is 456 g/mol. The highest BCUT2D eigenvalue weighted by atomic mass is 79.9. The van der Waals surface area contributed by atoms with Crippen LogP contribution in [-0.4, -0.2) is 38.2 Å². The van der Waals surface area contributed by atoms with Crippen LogP contribution < -0.4 is 19.7 Å². The van der Waals surface area contributed by atoms with Crippen LogP contribution in [0.5, 0.6) is 11.5 Å². The summed E-state index contributed by atoms with van der Waals surface area (Å²) in [7, 11) is 1.45. The third-order valence-corrected chi connectivity index (χ3v) is 4.68. The standard InChI is InChI=1S/C21H19BrN2O6/c1-3-29-18(25)12-30-19-15(22)9-13(11-17(19)28-2)10-16-20(26)24(21(27)23-16)14-7-5-4-6-8-14/h4-11H,3,12H2,1-2H3,(H,23,27). The Kier molecular flexibility index (Phi) is 6.73. The molecule has 1 saturated heterocycles. The number of amides is 3. The van der Waals surface area contributed by atoms with Gasteiger partial charge in [0.2, 0.25) is 0 Å². The maximum Gasteiger partial charge on any atom is 0.344 e. The first kappa shape index (κ1) is 21.4. The summed E-state index contributed by atoms with van der Waals surface area (Å²) in [6.45, 7) is 1.69. The van der Waals surface area contributed by atoms with Crippen LogP contribution in [0.4, 0.5) is 10.5 Å². The number of nitrogens with zero attached hydrogens (tertiary/aromatic N) is 1. The first-order valence-corrected chi connectivity index (χ1v) is 9.82. The number of esters is 1. The summed E-state index contributed by atoms with van der Waals surface area (Å²) >= 11 is 3.38. The van der Waals surface area contributed by atoms with Crippen molar-refractivity contribution in [3.8, 4) is 11.5 Å². The van der Waals surface area contributed by atoms with Gasteiger partial charge in [0, 0.05) is 0 Å². The second-order valence-corrected chi connectivity index (χ2v) is 6.95. The number of nitrogens with one attached hydrogen (secondary N) is 1. The summed E-state index contributed by atoms with van der Waals surface area (Å²) in [5.41, 5.74) is 1.18. The molecule has 1 fully saturated rings. The van der Waals surface area contributed by atoms with Crippen LogP contribution in [0.25, 0.3) is 6.08 Å². The minimum Gasteiger partial charge on any atom is -0.493 e. The average Bonchev–Trinajstić information content (AvgIpc) is 3.00. The zero-order chi connectivity index (χ0) is 21.7. The molecule has 30 heavy (non-hydrogen) atoms. The molecule has 0 radical (unpaired) electrons. The number of ether oxygens (including phenoxy) is 3. The van der Waals surface area contributed by atoms with Crippen LogP contribution in [0.1, 0.15) is 12.5 Å². The molecule has 1 N–H and O–H groups in total. The minimum absolute atomic E-state index is 0.123. The van der Waals surface area contributed by atoms with Gasteiger partial charge in [-0.05, 0) is 58.8 Å². The van der Waals surface area contributed by atoms with Gasteiger partial charge in [-0.15, -0.1) is 0 Å². The number of urea groups is 1. The van der Waals surface area contributed by atoms with E-state index in [4.69, 9.17) is 14.2 Å². The predicted molar refractivity (Wildman–Crippen MR) is 113 cm³/mol. The van der Waals surface area contributed by atoms with Gasteiger partial charge >= 0.3 is 12.0 Å². The number of anilines is 1. The molecule has 8 nitrogen and oxygen atoms in total. The van der Waals surface area contributed by atoms with Gasteiger partial charge in [-0.2, -0.15) is 0 Å². The summed E-state index contributed by atoms with van der Waals surface area (Å²) in [5.74, 6) is -0.306. The van der Waals surface area contributed by atoms with Crippen molar-refractivity contribution in [1.82, 2.24) is 5.32 Å². The van der Waals surface area contributed by atoms with E-state index in [1.54, 1.807) is 49.4 Å². The number of methoxy groups -OCH3 is 1. The third-order valence-electron chi connectivity index (χ3n) is 4.10. The molecule has 3 amide bonds. The Morgan fingerprint density at radius 3 is 2.60 bits per heavy atom. The molecule has 0 spiro atoms. The smallest absolute Gasteiger partial charge is 0.344 e. The van der Waals surface area contributed by atoms with Crippen molar-refractivity contribution in [2.75, 3.05) is 25.2 Å². The lowest BCUT2D eigenvalue weighted by atomic mass is 10.1. The van der Waals surface area contributed by atoms with Crippen LogP contribution in [0.3, 0.4) is 0 Å². The third kappa shape index (κ3) is 4.62. The molecular formula is C21H19BrN2O6. The molecule has 156 valence electrons. The van der Waals surface area contributed by atoms with Crippen LogP contribution in [0, 0.1) is 0 Å². The number of imide groups is 1. The van der Waals surface area contributed by atoms with E-state index in [-0.39, 0.29) is 18.9 Å². The molecule has 1 aliphatic rings. The molecule has 1 heterocycles. The number of rotatable bonds is 7. The molecule has 0 atom stereocenters. The van der Waals surface area contributed by atoms with Crippen molar-refractivity contribution in [2.24, 2.45) is 0 Å². The van der Waals surface area contributed by atoms with Crippen LogP contribution >= 0.6 is 15.9 Å². The molecule has 0 bridgehead atoms. The molecule has 2 aromatic rings. The summed E-state index contributed by atoms with van der Waals surface area (Å²) in [6.07, 6.45) is 1.53. The molecule has 0 saturated carbocycles. The molecule has 0 aliphatic carbocycles. The summed E-state index contributed by atoms with van der Waals surface area (Å²) in [6, 6.07) is 11.4. The predicted octanol–water partition coefficient (Wildman–Crippen LogP) is 3.50. The van der Waals surface area contributed by atoms with Gasteiger partial charge < -0.3 is 19.5 Å². The number of halogens is 1. The minimum atomic E-state index is -0.530. The fraction of sp³-hybridized carbons (Fsp3) is 0.190. The zero-order valence-electron chi connectivity index (χ0n) is 16.3. The Balaban J connectivity index is 1.85. The Labute approximate surface area is 181 Å². The molecule has 2 aromatic carbocycles. The lowest BCUT2D eigenvalue weighted by molar-refractivity contribution is -0.145. The zero-order valence-corrected chi connectivity index (χ0v) is 17.9. The normalized spacial score (nSPS) is 14.6. The van der Waals surface area contributed by atoms with E-state index >= 15 is 0 Å². The first-order valence-electron chi connectivity index (χ1n) is 9.02. The Morgan fingerprint density at radius 2 is 1.93 bits per heavy atom. The van der Waals surface area contributed by atoms with Crippen molar-refractivity contribution < 1.29 is 28.6 Å². The SMILES string of the molecule is CCOC(=O)COc1c(Br)cc(C=C2NC(=O)N(c3ccccc3)C2=O)cc1OC. The molecule has 0 aromatic heterocycles. The van der Waals surface area contributed by atoms with Crippen LogP contribution in [-0.2, 0) is 14.3 Å². The van der Waals surface area contributed by atoms with Gasteiger partial charge in [-0.3, -0.25) is 4.79 Å². The Bertz CT molecular complexity index is 1010. The highest BCUT2D eigenvalue weighted by molar-refractivity contribution is 9.10. The fourth-order valence-electron chi connectivity index (χ4n) is 2.81. The first-order chi connectivity index (χ1) is 14.4. The topological polar surface area (TPSA) is 94.2 Å². The lowest BCUT2D eigenvalue weighted by Gasteiger charge is -2.13. The molecule has 0 unspecified atom stereocenters. The highest BCUT2D eigenvalue weighted by Crippen LogP contribution is 2.37. The summed E-state index contributed by atoms with van der Waals surface area (Å²) in [4.78, 5) is 37.6. The lowest BCUT2D eigenvalue weighted by Crippen LogP contribution is -2.30. The van der Waals surface area contributed by atoms with Gasteiger partial charge in [-0.1, -0.05) is 18.2 Å². The van der Waals surface area contributed by atoms with Gasteiger partial charge in [0.1, 0.15) is 5.70 Å². The highest BCUT2D eigenvalue weighted by Gasteiger charge is 2.34. The number of para-hydroxylation sites is 1. The summed E-state index contributed by atoms with van der Waals surface area (Å²) in [5, 5.41) is 2.58. The van der Waals surface area contributed by atoms with Crippen molar-refractivity contribution in [3.63, 3.8) is 0 Å². The Morgan fingerprint density at radius 1 is 1.20 bits per heavy atom.